The van der Waals surface area contributed by atoms with Crippen molar-refractivity contribution in [3.05, 3.63) is 29.8 Å². The molecule has 1 aromatic rings. The first-order valence-corrected chi connectivity index (χ1v) is 8.44. The lowest BCUT2D eigenvalue weighted by Gasteiger charge is -2.40. The summed E-state index contributed by atoms with van der Waals surface area (Å²) in [6, 6.07) is 3.57. The fourth-order valence-corrected chi connectivity index (χ4v) is 4.31. The second kappa shape index (κ2) is 7.56. The van der Waals surface area contributed by atoms with Crippen molar-refractivity contribution in [2.45, 2.75) is 54.7 Å². The maximum atomic E-state index is 13.7. The summed E-state index contributed by atoms with van der Waals surface area (Å²) >= 11 is 1.39. The van der Waals surface area contributed by atoms with Gasteiger partial charge >= 0.3 is 0 Å². The van der Waals surface area contributed by atoms with Gasteiger partial charge in [-0.25, -0.2) is 8.78 Å². The second-order valence-corrected chi connectivity index (χ2v) is 7.12. The molecule has 2 nitrogen and oxygen atoms in total. The number of hydrogen-bond acceptors (Lipinski definition) is 3. The predicted molar refractivity (Wildman–Crippen MR) is 82.6 cm³/mol. The molecule has 0 bridgehead atoms. The average molecular weight is 315 g/mol. The fourth-order valence-electron chi connectivity index (χ4n) is 2.91. The van der Waals surface area contributed by atoms with Crippen LogP contribution >= 0.6 is 11.8 Å². The van der Waals surface area contributed by atoms with Crippen LogP contribution in [0, 0.1) is 11.6 Å². The molecule has 2 rings (SSSR count). The van der Waals surface area contributed by atoms with Crippen molar-refractivity contribution in [3.63, 3.8) is 0 Å². The Labute approximate surface area is 129 Å². The minimum atomic E-state index is -0.410. The van der Waals surface area contributed by atoms with Crippen molar-refractivity contribution in [2.24, 2.45) is 0 Å². The van der Waals surface area contributed by atoms with Gasteiger partial charge in [0.2, 0.25) is 0 Å². The first kappa shape index (κ1) is 16.7. The molecular weight excluding hydrogens is 292 g/mol. The van der Waals surface area contributed by atoms with Crippen LogP contribution in [-0.4, -0.2) is 29.0 Å². The molecule has 2 unspecified atom stereocenters. The lowest BCUT2D eigenvalue weighted by atomic mass is 9.82. The molecule has 0 spiro atoms. The van der Waals surface area contributed by atoms with Crippen LogP contribution in [0.25, 0.3) is 0 Å². The summed E-state index contributed by atoms with van der Waals surface area (Å²) in [5.74, 6) is -0.782. The van der Waals surface area contributed by atoms with Gasteiger partial charge < -0.3 is 10.4 Å². The van der Waals surface area contributed by atoms with E-state index in [9.17, 15) is 13.9 Å². The molecule has 1 aromatic carbocycles. The monoisotopic (exact) mass is 315 g/mol. The smallest absolute Gasteiger partial charge is 0.136 e. The zero-order valence-corrected chi connectivity index (χ0v) is 13.2. The molecule has 118 valence electrons. The van der Waals surface area contributed by atoms with Crippen molar-refractivity contribution >= 4 is 11.8 Å². The van der Waals surface area contributed by atoms with Crippen molar-refractivity contribution in [1.29, 1.82) is 0 Å². The average Bonchev–Trinajstić information content (AvgIpc) is 2.49. The Morgan fingerprint density at radius 1 is 1.43 bits per heavy atom. The molecule has 0 aliphatic heterocycles. The van der Waals surface area contributed by atoms with Gasteiger partial charge in [-0.1, -0.05) is 13.3 Å². The van der Waals surface area contributed by atoms with Crippen LogP contribution in [0.2, 0.25) is 0 Å². The van der Waals surface area contributed by atoms with E-state index in [2.05, 4.69) is 12.2 Å². The summed E-state index contributed by atoms with van der Waals surface area (Å²) in [7, 11) is 0. The Kier molecular flexibility index (Phi) is 6.02. The molecule has 0 radical (unpaired) electrons. The summed E-state index contributed by atoms with van der Waals surface area (Å²) in [6.07, 6.45) is 4.69. The van der Waals surface area contributed by atoms with Gasteiger partial charge in [-0.05, 0) is 50.4 Å². The van der Waals surface area contributed by atoms with Crippen molar-refractivity contribution in [1.82, 2.24) is 5.32 Å². The maximum Gasteiger partial charge on any atom is 0.136 e. The van der Waals surface area contributed by atoms with E-state index in [0.29, 0.717) is 4.90 Å². The zero-order valence-electron chi connectivity index (χ0n) is 12.4. The standard InChI is InChI=1S/C16H23F2NOS/c1-2-8-19-16(11-20)7-3-4-13(10-16)21-15-9-12(17)5-6-14(15)18/h5-6,9,13,19-20H,2-4,7-8,10-11H2,1H3. The van der Waals surface area contributed by atoms with E-state index in [1.807, 2.05) is 0 Å². The molecule has 0 amide bonds. The number of nitrogens with one attached hydrogen (secondary N) is 1. The van der Waals surface area contributed by atoms with Gasteiger partial charge in [0.15, 0.2) is 0 Å². The lowest BCUT2D eigenvalue weighted by Crippen LogP contribution is -2.52. The molecule has 1 aliphatic carbocycles. The van der Waals surface area contributed by atoms with Gasteiger partial charge in [0.1, 0.15) is 11.6 Å². The fraction of sp³-hybridized carbons (Fsp3) is 0.625. The highest BCUT2D eigenvalue weighted by atomic mass is 32.2. The van der Waals surface area contributed by atoms with E-state index in [1.165, 1.54) is 23.9 Å². The molecule has 1 aliphatic rings. The van der Waals surface area contributed by atoms with E-state index in [4.69, 9.17) is 0 Å². The normalized spacial score (nSPS) is 26.0. The van der Waals surface area contributed by atoms with E-state index in [0.717, 1.165) is 44.7 Å². The van der Waals surface area contributed by atoms with Gasteiger partial charge in [-0.2, -0.15) is 0 Å². The van der Waals surface area contributed by atoms with E-state index in [1.54, 1.807) is 0 Å². The summed E-state index contributed by atoms with van der Waals surface area (Å²) < 4.78 is 27.0. The van der Waals surface area contributed by atoms with Gasteiger partial charge in [0.05, 0.1) is 6.61 Å². The quantitative estimate of drug-likeness (QED) is 0.839. The number of halogens is 2. The lowest BCUT2D eigenvalue weighted by molar-refractivity contribution is 0.124. The number of aliphatic hydroxyl groups excluding tert-OH is 1. The Morgan fingerprint density at radius 2 is 2.24 bits per heavy atom. The number of hydrogen-bond donors (Lipinski definition) is 2. The van der Waals surface area contributed by atoms with E-state index < -0.39 is 5.82 Å². The van der Waals surface area contributed by atoms with E-state index >= 15 is 0 Å². The molecule has 5 heteroatoms. The maximum absolute atomic E-state index is 13.7. The first-order chi connectivity index (χ1) is 10.1. The van der Waals surface area contributed by atoms with E-state index in [-0.39, 0.29) is 23.2 Å². The topological polar surface area (TPSA) is 32.3 Å². The number of rotatable bonds is 6. The molecule has 2 N–H and O–H groups in total. The number of aliphatic hydroxyl groups is 1. The van der Waals surface area contributed by atoms with Gasteiger partial charge in [0.25, 0.3) is 0 Å². The molecule has 21 heavy (non-hydrogen) atoms. The SMILES string of the molecule is CCCNC1(CO)CCCC(Sc2cc(F)ccc2F)C1. The summed E-state index contributed by atoms with van der Waals surface area (Å²) in [5, 5.41) is 13.4. The third kappa shape index (κ3) is 4.41. The molecule has 2 atom stereocenters. The van der Waals surface area contributed by atoms with Crippen LogP contribution in [0.3, 0.4) is 0 Å². The minimum absolute atomic E-state index is 0.0929. The number of thioether (sulfide) groups is 1. The molecule has 1 fully saturated rings. The Bertz CT molecular complexity index is 472. The highest BCUT2D eigenvalue weighted by Gasteiger charge is 2.35. The molecule has 0 heterocycles. The largest absolute Gasteiger partial charge is 0.394 e. The Hall–Kier alpha value is -0.650. The van der Waals surface area contributed by atoms with Gasteiger partial charge in [0, 0.05) is 15.7 Å². The van der Waals surface area contributed by atoms with Crippen LogP contribution in [0.4, 0.5) is 8.78 Å². The van der Waals surface area contributed by atoms with Crippen molar-refractivity contribution in [3.8, 4) is 0 Å². The van der Waals surface area contributed by atoms with Crippen LogP contribution in [0.5, 0.6) is 0 Å². The molecule has 1 saturated carbocycles. The molecular formula is C16H23F2NOS. The highest BCUT2D eigenvalue weighted by Crippen LogP contribution is 2.39. The van der Waals surface area contributed by atoms with Gasteiger partial charge in [-0.15, -0.1) is 11.8 Å². The molecule has 0 aromatic heterocycles. The second-order valence-electron chi connectivity index (χ2n) is 5.78. The zero-order chi connectivity index (χ0) is 15.3. The highest BCUT2D eigenvalue weighted by molar-refractivity contribution is 8.00. The van der Waals surface area contributed by atoms with Crippen LogP contribution in [0.15, 0.2) is 23.1 Å². The van der Waals surface area contributed by atoms with Crippen LogP contribution in [-0.2, 0) is 0 Å². The van der Waals surface area contributed by atoms with Crippen LogP contribution in [0.1, 0.15) is 39.0 Å². The Morgan fingerprint density at radius 3 is 2.95 bits per heavy atom. The first-order valence-electron chi connectivity index (χ1n) is 7.56. The van der Waals surface area contributed by atoms with Crippen LogP contribution < -0.4 is 5.32 Å². The Balaban J connectivity index is 2.04. The summed E-state index contributed by atoms with van der Waals surface area (Å²) in [5.41, 5.74) is -0.268. The third-order valence-corrected chi connectivity index (χ3v) is 5.34. The third-order valence-electron chi connectivity index (χ3n) is 4.04. The predicted octanol–water partition coefficient (Wildman–Crippen LogP) is 3.73. The number of benzene rings is 1. The van der Waals surface area contributed by atoms with Crippen molar-refractivity contribution < 1.29 is 13.9 Å². The summed E-state index contributed by atoms with van der Waals surface area (Å²) in [6.45, 7) is 3.05. The minimum Gasteiger partial charge on any atom is -0.394 e. The summed E-state index contributed by atoms with van der Waals surface area (Å²) in [4.78, 5) is 0.365. The van der Waals surface area contributed by atoms with Crippen molar-refractivity contribution in [2.75, 3.05) is 13.2 Å². The van der Waals surface area contributed by atoms with Gasteiger partial charge in [-0.3, -0.25) is 0 Å². The molecule has 0 saturated heterocycles.